The fourth-order valence-corrected chi connectivity index (χ4v) is 4.27. The van der Waals surface area contributed by atoms with Gasteiger partial charge in [-0.15, -0.1) is 0 Å². The summed E-state index contributed by atoms with van der Waals surface area (Å²) in [5, 5.41) is 0. The molecule has 96 valence electrons. The molecule has 0 radical (unpaired) electrons. The van der Waals surface area contributed by atoms with Gasteiger partial charge in [-0.1, -0.05) is 12.8 Å². The van der Waals surface area contributed by atoms with Gasteiger partial charge >= 0.3 is 0 Å². The Morgan fingerprint density at radius 2 is 1.71 bits per heavy atom. The Labute approximate surface area is 104 Å². The van der Waals surface area contributed by atoms with Crippen LogP contribution in [0, 0.1) is 11.8 Å². The zero-order valence-electron chi connectivity index (χ0n) is 10.7. The maximum Gasteiger partial charge on any atom is 0.132 e. The zero-order chi connectivity index (χ0) is 11.7. The highest BCUT2D eigenvalue weighted by molar-refractivity contribution is 5.79. The number of hydrogen-bond acceptors (Lipinski definition) is 2. The van der Waals surface area contributed by atoms with Crippen LogP contribution in [-0.2, 0) is 9.53 Å². The standard InChI is InChI=1S/C15H24O2/c16-14-5-3-12(4-6-14)13-7-10-17-15(11-13)8-1-2-9-15/h12-13H,1-11H2. The Hall–Kier alpha value is -0.370. The van der Waals surface area contributed by atoms with E-state index in [1.165, 1.54) is 38.5 Å². The van der Waals surface area contributed by atoms with Gasteiger partial charge in [-0.25, -0.2) is 0 Å². The predicted molar refractivity (Wildman–Crippen MR) is 66.8 cm³/mol. The van der Waals surface area contributed by atoms with Crippen molar-refractivity contribution >= 4 is 5.78 Å². The van der Waals surface area contributed by atoms with Crippen molar-refractivity contribution in [3.05, 3.63) is 0 Å². The van der Waals surface area contributed by atoms with Crippen LogP contribution in [0.15, 0.2) is 0 Å². The second-order valence-corrected chi connectivity index (χ2v) is 6.37. The lowest BCUT2D eigenvalue weighted by Gasteiger charge is -2.42. The Kier molecular flexibility index (Phi) is 3.25. The average molecular weight is 236 g/mol. The first kappa shape index (κ1) is 11.7. The molecule has 2 saturated carbocycles. The Balaban J connectivity index is 1.61. The summed E-state index contributed by atoms with van der Waals surface area (Å²) in [6.07, 6.45) is 11.8. The first-order valence-corrected chi connectivity index (χ1v) is 7.43. The summed E-state index contributed by atoms with van der Waals surface area (Å²) < 4.78 is 6.10. The van der Waals surface area contributed by atoms with E-state index in [0.717, 1.165) is 44.1 Å². The summed E-state index contributed by atoms with van der Waals surface area (Å²) >= 11 is 0. The summed E-state index contributed by atoms with van der Waals surface area (Å²) in [6, 6.07) is 0. The molecular formula is C15H24O2. The van der Waals surface area contributed by atoms with Crippen LogP contribution in [0.1, 0.15) is 64.2 Å². The van der Waals surface area contributed by atoms with Crippen LogP contribution < -0.4 is 0 Å². The Morgan fingerprint density at radius 3 is 2.41 bits per heavy atom. The minimum Gasteiger partial charge on any atom is -0.375 e. The van der Waals surface area contributed by atoms with Crippen LogP contribution in [0.2, 0.25) is 0 Å². The van der Waals surface area contributed by atoms with Gasteiger partial charge in [0, 0.05) is 19.4 Å². The summed E-state index contributed by atoms with van der Waals surface area (Å²) in [5.41, 5.74) is 0.254. The third kappa shape index (κ3) is 2.42. The molecule has 1 unspecified atom stereocenters. The fourth-order valence-electron chi connectivity index (χ4n) is 4.27. The topological polar surface area (TPSA) is 26.3 Å². The molecule has 1 heterocycles. The van der Waals surface area contributed by atoms with Crippen molar-refractivity contribution in [2.75, 3.05) is 6.61 Å². The zero-order valence-corrected chi connectivity index (χ0v) is 10.7. The number of carbonyl (C=O) groups is 1. The minimum atomic E-state index is 0.254. The van der Waals surface area contributed by atoms with Crippen LogP contribution >= 0.6 is 0 Å². The van der Waals surface area contributed by atoms with Crippen LogP contribution in [-0.4, -0.2) is 18.0 Å². The molecule has 0 bridgehead atoms. The Morgan fingerprint density at radius 1 is 1.00 bits per heavy atom. The van der Waals surface area contributed by atoms with Crippen LogP contribution in [0.3, 0.4) is 0 Å². The molecule has 3 aliphatic rings. The molecule has 0 aromatic heterocycles. The molecule has 1 atom stereocenters. The molecule has 2 nitrogen and oxygen atoms in total. The predicted octanol–water partition coefficient (Wildman–Crippen LogP) is 3.49. The van der Waals surface area contributed by atoms with Crippen molar-refractivity contribution in [2.45, 2.75) is 69.8 Å². The lowest BCUT2D eigenvalue weighted by Crippen LogP contribution is -2.40. The third-order valence-electron chi connectivity index (χ3n) is 5.30. The van der Waals surface area contributed by atoms with Gasteiger partial charge in [-0.3, -0.25) is 4.79 Å². The first-order chi connectivity index (χ1) is 8.27. The van der Waals surface area contributed by atoms with Crippen molar-refractivity contribution in [3.8, 4) is 0 Å². The van der Waals surface area contributed by atoms with E-state index < -0.39 is 0 Å². The largest absolute Gasteiger partial charge is 0.375 e. The number of ether oxygens (including phenoxy) is 1. The maximum atomic E-state index is 11.3. The van der Waals surface area contributed by atoms with Crippen molar-refractivity contribution in [3.63, 3.8) is 0 Å². The molecule has 1 saturated heterocycles. The molecule has 3 fully saturated rings. The van der Waals surface area contributed by atoms with Crippen LogP contribution in [0.4, 0.5) is 0 Å². The van der Waals surface area contributed by atoms with Crippen molar-refractivity contribution in [1.82, 2.24) is 0 Å². The molecule has 2 aliphatic carbocycles. The van der Waals surface area contributed by atoms with E-state index in [0.29, 0.717) is 5.78 Å². The molecular weight excluding hydrogens is 212 g/mol. The highest BCUT2D eigenvalue weighted by atomic mass is 16.5. The summed E-state index contributed by atoms with van der Waals surface area (Å²) in [6.45, 7) is 0.967. The van der Waals surface area contributed by atoms with E-state index in [-0.39, 0.29) is 5.60 Å². The number of rotatable bonds is 1. The molecule has 1 aliphatic heterocycles. The minimum absolute atomic E-state index is 0.254. The third-order valence-corrected chi connectivity index (χ3v) is 5.30. The van der Waals surface area contributed by atoms with Gasteiger partial charge < -0.3 is 4.74 Å². The van der Waals surface area contributed by atoms with Gasteiger partial charge in [0.1, 0.15) is 5.78 Å². The number of Topliss-reactive ketones (excluding diaryl/α,β-unsaturated/α-hetero) is 1. The van der Waals surface area contributed by atoms with E-state index in [2.05, 4.69) is 0 Å². The van der Waals surface area contributed by atoms with E-state index in [9.17, 15) is 4.79 Å². The number of carbonyl (C=O) groups excluding carboxylic acids is 1. The van der Waals surface area contributed by atoms with Gasteiger partial charge in [-0.05, 0) is 50.4 Å². The molecule has 3 rings (SSSR count). The van der Waals surface area contributed by atoms with Gasteiger partial charge in [0.05, 0.1) is 5.60 Å². The van der Waals surface area contributed by atoms with Gasteiger partial charge in [0.2, 0.25) is 0 Å². The smallest absolute Gasteiger partial charge is 0.132 e. The highest BCUT2D eigenvalue weighted by Gasteiger charge is 2.42. The molecule has 1 spiro atoms. The average Bonchev–Trinajstić information content (AvgIpc) is 2.78. The molecule has 0 aromatic carbocycles. The monoisotopic (exact) mass is 236 g/mol. The molecule has 2 heteroatoms. The molecule has 0 amide bonds. The first-order valence-electron chi connectivity index (χ1n) is 7.43. The van der Waals surface area contributed by atoms with E-state index in [4.69, 9.17) is 4.74 Å². The van der Waals surface area contributed by atoms with Crippen LogP contribution in [0.5, 0.6) is 0 Å². The lowest BCUT2D eigenvalue weighted by atomic mass is 9.72. The number of ketones is 1. The second-order valence-electron chi connectivity index (χ2n) is 6.37. The van der Waals surface area contributed by atoms with Gasteiger partial charge in [0.15, 0.2) is 0 Å². The summed E-state index contributed by atoms with van der Waals surface area (Å²) in [4.78, 5) is 11.3. The molecule has 0 N–H and O–H groups in total. The lowest BCUT2D eigenvalue weighted by molar-refractivity contribution is -0.124. The SMILES string of the molecule is O=C1CCC(C2CCOC3(CCCC3)C2)CC1. The highest BCUT2D eigenvalue weighted by Crippen LogP contribution is 2.46. The van der Waals surface area contributed by atoms with E-state index in [1.54, 1.807) is 0 Å². The Bertz CT molecular complexity index is 281. The van der Waals surface area contributed by atoms with Gasteiger partial charge in [0.25, 0.3) is 0 Å². The van der Waals surface area contributed by atoms with Crippen LogP contribution in [0.25, 0.3) is 0 Å². The molecule has 17 heavy (non-hydrogen) atoms. The van der Waals surface area contributed by atoms with E-state index in [1.807, 2.05) is 0 Å². The fraction of sp³-hybridized carbons (Fsp3) is 0.933. The van der Waals surface area contributed by atoms with E-state index >= 15 is 0 Å². The normalized spacial score (nSPS) is 34.4. The van der Waals surface area contributed by atoms with Crippen molar-refractivity contribution in [1.29, 1.82) is 0 Å². The second kappa shape index (κ2) is 4.72. The van der Waals surface area contributed by atoms with Crippen molar-refractivity contribution < 1.29 is 9.53 Å². The summed E-state index contributed by atoms with van der Waals surface area (Å²) in [5.74, 6) is 2.15. The summed E-state index contributed by atoms with van der Waals surface area (Å²) in [7, 11) is 0. The molecule has 0 aromatic rings. The quantitative estimate of drug-likeness (QED) is 0.696. The maximum absolute atomic E-state index is 11.3. The van der Waals surface area contributed by atoms with Crippen molar-refractivity contribution in [2.24, 2.45) is 11.8 Å². The number of hydrogen-bond donors (Lipinski definition) is 0. The van der Waals surface area contributed by atoms with Gasteiger partial charge in [-0.2, -0.15) is 0 Å².